The molecule has 7 heteroatoms. The second-order valence-corrected chi connectivity index (χ2v) is 6.51. The number of hydrogen-bond acceptors (Lipinski definition) is 3. The van der Waals surface area contributed by atoms with E-state index in [9.17, 15) is 9.59 Å². The fraction of sp³-hybridized carbons (Fsp3) is 0.235. The maximum Gasteiger partial charge on any atom is 0.257 e. The Kier molecular flexibility index (Phi) is 4.73. The van der Waals surface area contributed by atoms with Crippen LogP contribution in [0.1, 0.15) is 28.8 Å². The molecule has 0 aliphatic heterocycles. The molecule has 1 aromatic carbocycles. The fourth-order valence-corrected chi connectivity index (χ4v) is 2.43. The van der Waals surface area contributed by atoms with Gasteiger partial charge in [-0.2, -0.15) is 0 Å². The number of amides is 2. The highest BCUT2D eigenvalue weighted by molar-refractivity contribution is 6.41. The van der Waals surface area contributed by atoms with E-state index in [4.69, 9.17) is 23.2 Å². The Morgan fingerprint density at radius 1 is 1.17 bits per heavy atom. The fourth-order valence-electron chi connectivity index (χ4n) is 2.16. The van der Waals surface area contributed by atoms with Crippen LogP contribution in [0.25, 0.3) is 0 Å². The highest BCUT2D eigenvalue weighted by Crippen LogP contribution is 2.31. The Labute approximate surface area is 149 Å². The maximum atomic E-state index is 12.3. The van der Waals surface area contributed by atoms with Crippen molar-refractivity contribution in [2.24, 2.45) is 5.92 Å². The van der Waals surface area contributed by atoms with Gasteiger partial charge >= 0.3 is 0 Å². The molecule has 1 aromatic heterocycles. The van der Waals surface area contributed by atoms with Gasteiger partial charge in [0, 0.05) is 23.5 Å². The summed E-state index contributed by atoms with van der Waals surface area (Å²) in [6, 6.07) is 6.84. The van der Waals surface area contributed by atoms with Gasteiger partial charge in [-0.05, 0) is 43.5 Å². The average Bonchev–Trinajstić information content (AvgIpc) is 3.38. The maximum absolute atomic E-state index is 12.3. The number of anilines is 2. The molecule has 2 N–H and O–H groups in total. The topological polar surface area (TPSA) is 71.1 Å². The molecular weight excluding hydrogens is 349 g/mol. The monoisotopic (exact) mass is 363 g/mol. The third-order valence-corrected chi connectivity index (χ3v) is 4.45. The molecule has 5 nitrogen and oxygen atoms in total. The minimum absolute atomic E-state index is 0.0183. The van der Waals surface area contributed by atoms with Crippen LogP contribution in [0.5, 0.6) is 0 Å². The second kappa shape index (κ2) is 6.79. The standard InChI is InChI=1S/C17H15Cl2N3O2/c1-9-2-5-12(21-16(23)10-3-4-10)7-14(9)22-17(24)11-6-13(18)15(19)20-8-11/h2,5-8,10H,3-4H2,1H3,(H,21,23)(H,22,24). The smallest absolute Gasteiger partial charge is 0.257 e. The molecule has 0 bridgehead atoms. The molecule has 24 heavy (non-hydrogen) atoms. The number of carbonyl (C=O) groups excluding carboxylic acids is 2. The lowest BCUT2D eigenvalue weighted by Crippen LogP contribution is -2.15. The lowest BCUT2D eigenvalue weighted by Gasteiger charge is -2.12. The molecule has 0 unspecified atom stereocenters. The quantitative estimate of drug-likeness (QED) is 0.795. The zero-order valence-corrected chi connectivity index (χ0v) is 14.4. The first-order valence-corrected chi connectivity index (χ1v) is 8.23. The molecule has 2 amide bonds. The van der Waals surface area contributed by atoms with E-state index >= 15 is 0 Å². The third-order valence-electron chi connectivity index (χ3n) is 3.76. The van der Waals surface area contributed by atoms with Crippen LogP contribution in [0.3, 0.4) is 0 Å². The molecule has 1 aliphatic rings. The number of carbonyl (C=O) groups is 2. The Morgan fingerprint density at radius 3 is 2.58 bits per heavy atom. The number of benzene rings is 1. The van der Waals surface area contributed by atoms with E-state index in [2.05, 4.69) is 15.6 Å². The average molecular weight is 364 g/mol. The predicted octanol–water partition coefficient (Wildman–Crippen LogP) is 4.30. The zero-order valence-electron chi connectivity index (χ0n) is 12.9. The van der Waals surface area contributed by atoms with E-state index < -0.39 is 0 Å². The highest BCUT2D eigenvalue weighted by atomic mass is 35.5. The largest absolute Gasteiger partial charge is 0.326 e. The summed E-state index contributed by atoms with van der Waals surface area (Å²) in [5.74, 6) is -0.216. The van der Waals surface area contributed by atoms with Crippen LogP contribution in [0, 0.1) is 12.8 Å². The molecule has 2 aromatic rings. The van der Waals surface area contributed by atoms with Crippen LogP contribution in [-0.4, -0.2) is 16.8 Å². The molecular formula is C17H15Cl2N3O2. The Morgan fingerprint density at radius 2 is 1.92 bits per heavy atom. The van der Waals surface area contributed by atoms with E-state index in [1.807, 2.05) is 19.1 Å². The lowest BCUT2D eigenvalue weighted by atomic mass is 10.1. The first-order valence-electron chi connectivity index (χ1n) is 7.48. The van der Waals surface area contributed by atoms with Crippen molar-refractivity contribution in [1.82, 2.24) is 4.98 Å². The van der Waals surface area contributed by atoms with Gasteiger partial charge in [-0.3, -0.25) is 9.59 Å². The molecule has 1 fully saturated rings. The van der Waals surface area contributed by atoms with E-state index in [0.717, 1.165) is 18.4 Å². The Balaban J connectivity index is 1.76. The first-order chi connectivity index (χ1) is 11.4. The molecule has 1 aliphatic carbocycles. The number of halogens is 2. The van der Waals surface area contributed by atoms with Gasteiger partial charge in [0.1, 0.15) is 5.15 Å². The van der Waals surface area contributed by atoms with Crippen LogP contribution >= 0.6 is 23.2 Å². The molecule has 0 saturated heterocycles. The zero-order chi connectivity index (χ0) is 17.3. The summed E-state index contributed by atoms with van der Waals surface area (Å²) in [6.45, 7) is 1.87. The summed E-state index contributed by atoms with van der Waals surface area (Å²) in [5.41, 5.74) is 2.44. The van der Waals surface area contributed by atoms with Crippen LogP contribution in [0.2, 0.25) is 10.2 Å². The summed E-state index contributed by atoms with van der Waals surface area (Å²) >= 11 is 11.6. The van der Waals surface area contributed by atoms with Gasteiger partial charge in [0.15, 0.2) is 0 Å². The minimum Gasteiger partial charge on any atom is -0.326 e. The third kappa shape index (κ3) is 3.86. The second-order valence-electron chi connectivity index (χ2n) is 5.74. The van der Waals surface area contributed by atoms with Crippen molar-refractivity contribution in [3.05, 3.63) is 51.8 Å². The van der Waals surface area contributed by atoms with Crippen molar-refractivity contribution in [2.75, 3.05) is 10.6 Å². The summed E-state index contributed by atoms with van der Waals surface area (Å²) in [6.07, 6.45) is 3.23. The normalized spacial score (nSPS) is 13.5. The number of nitrogens with one attached hydrogen (secondary N) is 2. The molecule has 1 heterocycles. The van der Waals surface area contributed by atoms with Crippen LogP contribution in [0.4, 0.5) is 11.4 Å². The van der Waals surface area contributed by atoms with E-state index in [-0.39, 0.29) is 27.9 Å². The Hall–Kier alpha value is -2.11. The number of rotatable bonds is 4. The van der Waals surface area contributed by atoms with Crippen LogP contribution in [-0.2, 0) is 4.79 Å². The van der Waals surface area contributed by atoms with Gasteiger partial charge in [-0.15, -0.1) is 0 Å². The van der Waals surface area contributed by atoms with E-state index in [0.29, 0.717) is 16.9 Å². The number of aromatic nitrogens is 1. The number of pyridine rings is 1. The summed E-state index contributed by atoms with van der Waals surface area (Å²) < 4.78 is 0. The first kappa shape index (κ1) is 16.7. The SMILES string of the molecule is Cc1ccc(NC(=O)C2CC2)cc1NC(=O)c1cnc(Cl)c(Cl)c1. The van der Waals surface area contributed by atoms with Crippen LogP contribution in [0.15, 0.2) is 30.5 Å². The van der Waals surface area contributed by atoms with E-state index in [1.165, 1.54) is 12.3 Å². The summed E-state index contributed by atoms with van der Waals surface area (Å²) in [7, 11) is 0. The highest BCUT2D eigenvalue weighted by Gasteiger charge is 2.29. The van der Waals surface area contributed by atoms with Gasteiger partial charge in [0.05, 0.1) is 10.6 Å². The van der Waals surface area contributed by atoms with Gasteiger partial charge < -0.3 is 10.6 Å². The van der Waals surface area contributed by atoms with Crippen molar-refractivity contribution in [3.8, 4) is 0 Å². The lowest BCUT2D eigenvalue weighted by molar-refractivity contribution is -0.117. The minimum atomic E-state index is -0.352. The molecule has 0 spiro atoms. The van der Waals surface area contributed by atoms with Gasteiger partial charge in [-0.1, -0.05) is 29.3 Å². The van der Waals surface area contributed by atoms with Crippen molar-refractivity contribution >= 4 is 46.4 Å². The van der Waals surface area contributed by atoms with Crippen LogP contribution < -0.4 is 10.6 Å². The van der Waals surface area contributed by atoms with Gasteiger partial charge in [-0.25, -0.2) is 4.98 Å². The van der Waals surface area contributed by atoms with Crippen molar-refractivity contribution in [3.63, 3.8) is 0 Å². The van der Waals surface area contributed by atoms with Crippen molar-refractivity contribution < 1.29 is 9.59 Å². The number of aryl methyl sites for hydroxylation is 1. The Bertz CT molecular complexity index is 819. The van der Waals surface area contributed by atoms with Crippen molar-refractivity contribution in [1.29, 1.82) is 0 Å². The molecule has 1 saturated carbocycles. The molecule has 124 valence electrons. The predicted molar refractivity (Wildman–Crippen MR) is 94.7 cm³/mol. The number of hydrogen-bond donors (Lipinski definition) is 2. The summed E-state index contributed by atoms with van der Waals surface area (Å²) in [5, 5.41) is 6.02. The van der Waals surface area contributed by atoms with Crippen molar-refractivity contribution in [2.45, 2.75) is 19.8 Å². The summed E-state index contributed by atoms with van der Waals surface area (Å²) in [4.78, 5) is 28.1. The van der Waals surface area contributed by atoms with Gasteiger partial charge in [0.2, 0.25) is 5.91 Å². The van der Waals surface area contributed by atoms with Gasteiger partial charge in [0.25, 0.3) is 5.91 Å². The number of nitrogens with zero attached hydrogens (tertiary/aromatic N) is 1. The molecule has 0 atom stereocenters. The molecule has 3 rings (SSSR count). The van der Waals surface area contributed by atoms with E-state index in [1.54, 1.807) is 6.07 Å². The molecule has 0 radical (unpaired) electrons.